The summed E-state index contributed by atoms with van der Waals surface area (Å²) in [6.45, 7) is 0.387. The number of aromatic nitrogens is 3. The molecule has 0 saturated heterocycles. The molecule has 4 heterocycles. The smallest absolute Gasteiger partial charge is 0.137 e. The zero-order valence-electron chi connectivity index (χ0n) is 12.6. The van der Waals surface area contributed by atoms with Crippen LogP contribution in [0.25, 0.3) is 21.3 Å². The van der Waals surface area contributed by atoms with Gasteiger partial charge in [-0.3, -0.25) is 4.98 Å². The van der Waals surface area contributed by atoms with Crippen LogP contribution in [0.15, 0.2) is 53.7 Å². The Morgan fingerprint density at radius 3 is 3.00 bits per heavy atom. The van der Waals surface area contributed by atoms with Gasteiger partial charge >= 0.3 is 0 Å². The van der Waals surface area contributed by atoms with Gasteiger partial charge in [0.05, 0.1) is 11.7 Å². The van der Waals surface area contributed by atoms with Gasteiger partial charge in [0.2, 0.25) is 0 Å². The molecule has 0 amide bonds. The Labute approximate surface area is 146 Å². The van der Waals surface area contributed by atoms with Gasteiger partial charge in [-0.1, -0.05) is 0 Å². The molecule has 1 unspecified atom stereocenters. The van der Waals surface area contributed by atoms with Crippen LogP contribution in [0.1, 0.15) is 11.0 Å². The number of anilines is 1. The number of nitrogens with one attached hydrogen (secondary N) is 1. The number of thiophene rings is 2. The summed E-state index contributed by atoms with van der Waals surface area (Å²) in [4.78, 5) is 14.6. The third kappa shape index (κ3) is 3.01. The van der Waals surface area contributed by atoms with Crippen LogP contribution in [-0.4, -0.2) is 26.6 Å². The molecule has 0 aliphatic heterocycles. The third-order valence-electron chi connectivity index (χ3n) is 3.66. The van der Waals surface area contributed by atoms with Crippen molar-refractivity contribution in [2.75, 3.05) is 11.9 Å². The lowest BCUT2D eigenvalue weighted by Gasteiger charge is -2.12. The monoisotopic (exact) mass is 354 g/mol. The molecule has 4 rings (SSSR count). The van der Waals surface area contributed by atoms with Crippen LogP contribution in [-0.2, 0) is 0 Å². The summed E-state index contributed by atoms with van der Waals surface area (Å²) in [5, 5.41) is 18.7. The number of aliphatic hydroxyl groups excluding tert-OH is 1. The summed E-state index contributed by atoms with van der Waals surface area (Å²) in [6, 6.07) is 7.99. The average molecular weight is 354 g/mol. The number of rotatable bonds is 5. The number of fused-ring (bicyclic) bond motifs is 1. The highest BCUT2D eigenvalue weighted by atomic mass is 32.1. The average Bonchev–Trinajstić information content (AvgIpc) is 3.30. The highest BCUT2D eigenvalue weighted by Gasteiger charge is 2.13. The van der Waals surface area contributed by atoms with Crippen molar-refractivity contribution in [2.45, 2.75) is 6.10 Å². The maximum atomic E-state index is 10.5. The van der Waals surface area contributed by atoms with Gasteiger partial charge < -0.3 is 10.4 Å². The molecule has 0 saturated carbocycles. The lowest BCUT2D eigenvalue weighted by molar-refractivity contribution is 0.195. The van der Waals surface area contributed by atoms with Crippen molar-refractivity contribution in [3.8, 4) is 10.4 Å². The first-order valence-electron chi connectivity index (χ1n) is 7.40. The fourth-order valence-corrected chi connectivity index (χ4v) is 4.15. The van der Waals surface area contributed by atoms with Gasteiger partial charge in [0, 0.05) is 33.4 Å². The second kappa shape index (κ2) is 6.64. The van der Waals surface area contributed by atoms with Crippen LogP contribution in [0.5, 0.6) is 0 Å². The molecule has 5 nitrogen and oxygen atoms in total. The van der Waals surface area contributed by atoms with Gasteiger partial charge in [-0.25, -0.2) is 9.97 Å². The Hall–Kier alpha value is -2.35. The van der Waals surface area contributed by atoms with Gasteiger partial charge in [0.25, 0.3) is 0 Å². The van der Waals surface area contributed by atoms with E-state index >= 15 is 0 Å². The van der Waals surface area contributed by atoms with Crippen molar-refractivity contribution in [3.63, 3.8) is 0 Å². The molecule has 7 heteroatoms. The standard InChI is InChI=1S/C17H14N4OS2/c22-14(16-2-1-15(24-16)11-4-6-23-9-11)8-19-17-12-3-5-18-7-13(12)20-10-21-17/h1-7,9-10,14,22H,8H2,(H,19,20,21). The van der Waals surface area contributed by atoms with Crippen LogP contribution >= 0.6 is 22.7 Å². The molecule has 0 fully saturated rings. The van der Waals surface area contributed by atoms with E-state index in [9.17, 15) is 5.11 Å². The second-order valence-electron chi connectivity index (χ2n) is 5.23. The van der Waals surface area contributed by atoms with Gasteiger partial charge in [0.15, 0.2) is 0 Å². The molecule has 4 aromatic rings. The van der Waals surface area contributed by atoms with E-state index in [1.54, 1.807) is 35.1 Å². The topological polar surface area (TPSA) is 70.9 Å². The number of hydrogen-bond acceptors (Lipinski definition) is 7. The molecular weight excluding hydrogens is 340 g/mol. The van der Waals surface area contributed by atoms with Crippen molar-refractivity contribution in [3.05, 3.63) is 58.6 Å². The minimum absolute atomic E-state index is 0.387. The second-order valence-corrected chi connectivity index (χ2v) is 7.12. The molecule has 0 radical (unpaired) electrons. The number of nitrogens with zero attached hydrogens (tertiary/aromatic N) is 3. The maximum Gasteiger partial charge on any atom is 0.137 e. The summed E-state index contributed by atoms with van der Waals surface area (Å²) in [7, 11) is 0. The molecule has 0 bridgehead atoms. The largest absolute Gasteiger partial charge is 0.386 e. The SMILES string of the molecule is OC(CNc1ncnc2cnccc12)c1ccc(-c2ccsc2)s1. The molecule has 1 atom stereocenters. The zero-order valence-corrected chi connectivity index (χ0v) is 14.2. The van der Waals surface area contributed by atoms with Crippen molar-refractivity contribution in [1.82, 2.24) is 15.0 Å². The number of pyridine rings is 1. The van der Waals surface area contributed by atoms with E-state index in [0.717, 1.165) is 15.8 Å². The number of hydrogen-bond donors (Lipinski definition) is 2. The zero-order chi connectivity index (χ0) is 16.4. The maximum absolute atomic E-state index is 10.5. The fourth-order valence-electron chi connectivity index (χ4n) is 2.43. The molecule has 2 N–H and O–H groups in total. The number of aliphatic hydroxyl groups is 1. The van der Waals surface area contributed by atoms with Gasteiger partial charge in [0.1, 0.15) is 18.2 Å². The lowest BCUT2D eigenvalue weighted by Crippen LogP contribution is -2.12. The first-order valence-corrected chi connectivity index (χ1v) is 9.16. The van der Waals surface area contributed by atoms with Crippen LogP contribution < -0.4 is 5.32 Å². The fraction of sp³-hybridized carbons (Fsp3) is 0.118. The minimum Gasteiger partial charge on any atom is -0.386 e. The molecular formula is C17H14N4OS2. The quantitative estimate of drug-likeness (QED) is 0.568. The lowest BCUT2D eigenvalue weighted by atomic mass is 10.2. The molecule has 0 aromatic carbocycles. The highest BCUT2D eigenvalue weighted by Crippen LogP contribution is 2.32. The van der Waals surface area contributed by atoms with E-state index in [-0.39, 0.29) is 0 Å². The Morgan fingerprint density at radius 1 is 1.17 bits per heavy atom. The predicted octanol–water partition coefficient (Wildman–Crippen LogP) is 3.96. The highest BCUT2D eigenvalue weighted by molar-refractivity contribution is 7.16. The third-order valence-corrected chi connectivity index (χ3v) is 5.58. The Balaban J connectivity index is 1.49. The normalized spacial score (nSPS) is 12.4. The molecule has 24 heavy (non-hydrogen) atoms. The first-order chi connectivity index (χ1) is 11.8. The van der Waals surface area contributed by atoms with Gasteiger partial charge in [-0.15, -0.1) is 11.3 Å². The van der Waals surface area contributed by atoms with Crippen LogP contribution in [0.2, 0.25) is 0 Å². The molecule has 0 aliphatic rings. The van der Waals surface area contributed by atoms with Crippen molar-refractivity contribution in [2.24, 2.45) is 0 Å². The van der Waals surface area contributed by atoms with Crippen molar-refractivity contribution in [1.29, 1.82) is 0 Å². The molecule has 120 valence electrons. The van der Waals surface area contributed by atoms with E-state index in [2.05, 4.69) is 43.2 Å². The van der Waals surface area contributed by atoms with Crippen LogP contribution in [0, 0.1) is 0 Å². The molecule has 0 aliphatic carbocycles. The van der Waals surface area contributed by atoms with Crippen molar-refractivity contribution >= 4 is 39.4 Å². The predicted molar refractivity (Wildman–Crippen MR) is 98.4 cm³/mol. The summed E-state index contributed by atoms with van der Waals surface area (Å²) >= 11 is 3.28. The van der Waals surface area contributed by atoms with E-state index in [4.69, 9.17) is 0 Å². The van der Waals surface area contributed by atoms with Crippen LogP contribution in [0.3, 0.4) is 0 Å². The Morgan fingerprint density at radius 2 is 2.12 bits per heavy atom. The van der Waals surface area contributed by atoms with E-state index in [1.807, 2.05) is 12.1 Å². The van der Waals surface area contributed by atoms with E-state index in [0.29, 0.717) is 12.4 Å². The van der Waals surface area contributed by atoms with E-state index in [1.165, 1.54) is 16.8 Å². The van der Waals surface area contributed by atoms with E-state index < -0.39 is 6.10 Å². The first kappa shape index (κ1) is 15.2. The van der Waals surface area contributed by atoms with Gasteiger partial charge in [-0.05, 0) is 35.0 Å². The summed E-state index contributed by atoms with van der Waals surface area (Å²) in [5.74, 6) is 0.705. The Kier molecular flexibility index (Phi) is 4.20. The minimum atomic E-state index is -0.589. The summed E-state index contributed by atoms with van der Waals surface area (Å²) in [5.41, 5.74) is 1.98. The molecule has 0 spiro atoms. The summed E-state index contributed by atoms with van der Waals surface area (Å²) in [6.07, 6.45) is 4.32. The Bertz CT molecular complexity index is 947. The molecule has 4 aromatic heterocycles. The summed E-state index contributed by atoms with van der Waals surface area (Å²) < 4.78 is 0. The van der Waals surface area contributed by atoms with Crippen molar-refractivity contribution < 1.29 is 5.11 Å². The van der Waals surface area contributed by atoms with Crippen LogP contribution in [0.4, 0.5) is 5.82 Å². The van der Waals surface area contributed by atoms with Gasteiger partial charge in [-0.2, -0.15) is 11.3 Å².